The predicted octanol–water partition coefficient (Wildman–Crippen LogP) is 4.85. The summed E-state index contributed by atoms with van der Waals surface area (Å²) in [5.74, 6) is -0.0914. The minimum atomic E-state index is -3.44. The molecule has 10 heteroatoms. The van der Waals surface area contributed by atoms with Crippen LogP contribution in [0.5, 0.6) is 0 Å². The number of amides is 2. The molecule has 1 saturated carbocycles. The van der Waals surface area contributed by atoms with Crippen LogP contribution in [-0.4, -0.2) is 38.0 Å². The largest absolute Gasteiger partial charge is 0.352 e. The normalized spacial score (nSPS) is 13.4. The van der Waals surface area contributed by atoms with Gasteiger partial charge in [-0.25, -0.2) is 8.42 Å². The van der Waals surface area contributed by atoms with Gasteiger partial charge in [-0.05, 0) is 67.3 Å². The van der Waals surface area contributed by atoms with Gasteiger partial charge < -0.3 is 10.6 Å². The monoisotopic (exact) mass is 517 g/mol. The lowest BCUT2D eigenvalue weighted by molar-refractivity contribution is 0.0950. The second kappa shape index (κ2) is 9.74. The first-order chi connectivity index (χ1) is 16.1. The Morgan fingerprint density at radius 1 is 1.00 bits per heavy atom. The molecule has 0 spiro atoms. The zero-order valence-electron chi connectivity index (χ0n) is 18.1. The first-order valence-electron chi connectivity index (χ1n) is 10.5. The Balaban J connectivity index is 1.51. The number of hydrogen-bond donors (Lipinski definition) is 2. The van der Waals surface area contributed by atoms with E-state index in [-0.39, 0.29) is 21.4 Å². The fourth-order valence-corrected chi connectivity index (χ4v) is 4.45. The van der Waals surface area contributed by atoms with Crippen LogP contribution in [0, 0.1) is 5.92 Å². The number of hydrogen-bond acceptors (Lipinski definition) is 5. The molecule has 2 aromatic carbocycles. The van der Waals surface area contributed by atoms with Crippen molar-refractivity contribution in [2.75, 3.05) is 18.1 Å². The van der Waals surface area contributed by atoms with Gasteiger partial charge in [0.05, 0.1) is 31.8 Å². The maximum absolute atomic E-state index is 12.7. The molecule has 2 N–H and O–H groups in total. The van der Waals surface area contributed by atoms with E-state index in [0.29, 0.717) is 40.0 Å². The summed E-state index contributed by atoms with van der Waals surface area (Å²) >= 11 is 12.5. The van der Waals surface area contributed by atoms with Gasteiger partial charge in [0.2, 0.25) is 0 Å². The van der Waals surface area contributed by atoms with Crippen LogP contribution in [0.3, 0.4) is 0 Å². The average Bonchev–Trinajstić information content (AvgIpc) is 3.63. The van der Waals surface area contributed by atoms with Gasteiger partial charge in [-0.1, -0.05) is 23.2 Å². The summed E-state index contributed by atoms with van der Waals surface area (Å²) in [6, 6.07) is 12.2. The number of rotatable bonds is 7. The van der Waals surface area contributed by atoms with E-state index in [4.69, 9.17) is 23.2 Å². The molecule has 1 heterocycles. The summed E-state index contributed by atoms with van der Waals surface area (Å²) in [6.45, 7) is 0.676. The van der Waals surface area contributed by atoms with Crippen LogP contribution in [-0.2, 0) is 9.84 Å². The first kappa shape index (κ1) is 24.2. The fraction of sp³-hybridized carbons (Fsp3) is 0.208. The quantitative estimate of drug-likeness (QED) is 0.465. The second-order valence-electron chi connectivity index (χ2n) is 8.15. The predicted molar refractivity (Wildman–Crippen MR) is 132 cm³/mol. The smallest absolute Gasteiger partial charge is 0.257 e. The molecular formula is C24H21Cl2N3O4S. The molecule has 1 aromatic heterocycles. The first-order valence-corrected chi connectivity index (χ1v) is 13.1. The molecule has 4 rings (SSSR count). The van der Waals surface area contributed by atoms with Crippen molar-refractivity contribution in [1.29, 1.82) is 0 Å². The highest BCUT2D eigenvalue weighted by molar-refractivity contribution is 7.90. The zero-order valence-corrected chi connectivity index (χ0v) is 20.5. The molecule has 1 fully saturated rings. The van der Waals surface area contributed by atoms with Crippen LogP contribution in [0.4, 0.5) is 5.69 Å². The molecule has 0 unspecified atom stereocenters. The molecule has 0 atom stereocenters. The van der Waals surface area contributed by atoms with Crippen LogP contribution >= 0.6 is 23.2 Å². The van der Waals surface area contributed by atoms with E-state index in [1.165, 1.54) is 24.4 Å². The molecule has 3 aromatic rings. The van der Waals surface area contributed by atoms with Crippen molar-refractivity contribution in [2.24, 2.45) is 5.92 Å². The van der Waals surface area contributed by atoms with Gasteiger partial charge >= 0.3 is 0 Å². The van der Waals surface area contributed by atoms with Crippen molar-refractivity contribution < 1.29 is 18.0 Å². The molecular weight excluding hydrogens is 497 g/mol. The summed E-state index contributed by atoms with van der Waals surface area (Å²) in [6.07, 6.45) is 4.86. The van der Waals surface area contributed by atoms with Gasteiger partial charge in [0, 0.05) is 30.2 Å². The van der Waals surface area contributed by atoms with Gasteiger partial charge in [0.1, 0.15) is 0 Å². The zero-order chi connectivity index (χ0) is 24.5. The molecule has 34 heavy (non-hydrogen) atoms. The van der Waals surface area contributed by atoms with Gasteiger partial charge in [0.25, 0.3) is 11.8 Å². The van der Waals surface area contributed by atoms with E-state index in [1.807, 2.05) is 0 Å². The number of anilines is 1. The summed E-state index contributed by atoms with van der Waals surface area (Å²) in [4.78, 5) is 29.3. The molecule has 7 nitrogen and oxygen atoms in total. The van der Waals surface area contributed by atoms with Gasteiger partial charge in [-0.3, -0.25) is 14.6 Å². The number of benzene rings is 2. The van der Waals surface area contributed by atoms with Crippen molar-refractivity contribution in [3.05, 3.63) is 75.9 Å². The van der Waals surface area contributed by atoms with Crippen molar-refractivity contribution in [3.63, 3.8) is 0 Å². The maximum atomic E-state index is 12.7. The van der Waals surface area contributed by atoms with E-state index < -0.39 is 15.7 Å². The lowest BCUT2D eigenvalue weighted by atomic mass is 10.1. The third-order valence-corrected chi connectivity index (χ3v) is 7.14. The number of nitrogens with zero attached hydrogens (tertiary/aromatic N) is 1. The third-order valence-electron chi connectivity index (χ3n) is 5.39. The number of nitrogens with one attached hydrogen (secondary N) is 2. The lowest BCUT2D eigenvalue weighted by Gasteiger charge is -2.11. The molecule has 2 amide bonds. The number of pyridine rings is 1. The number of carbonyl (C=O) groups is 2. The second-order valence-corrected chi connectivity index (χ2v) is 11.0. The third kappa shape index (κ3) is 5.75. The highest BCUT2D eigenvalue weighted by atomic mass is 35.5. The highest BCUT2D eigenvalue weighted by Gasteiger charge is 2.22. The average molecular weight is 518 g/mol. The molecule has 1 aliphatic carbocycles. The Labute approximate surface area is 207 Å². The Kier molecular flexibility index (Phi) is 6.93. The Hall–Kier alpha value is -2.94. The standard InChI is InChI=1S/C24H21Cl2N3O4S/c1-34(32,33)17-6-7-18(21(26)11-17)24(31)29-16-5-8-20(25)19(10-16)22-9-4-15(13-27-22)23(30)28-12-14-2-3-14/h4-11,13-14H,2-3,12H2,1H3,(H,28,30)(H,29,31). The summed E-state index contributed by atoms with van der Waals surface area (Å²) in [5, 5.41) is 6.07. The van der Waals surface area contributed by atoms with Crippen LogP contribution in [0.15, 0.2) is 59.6 Å². The van der Waals surface area contributed by atoms with Crippen LogP contribution in [0.1, 0.15) is 33.6 Å². The fourth-order valence-electron chi connectivity index (χ4n) is 3.26. The highest BCUT2D eigenvalue weighted by Crippen LogP contribution is 2.31. The van der Waals surface area contributed by atoms with E-state index >= 15 is 0 Å². The van der Waals surface area contributed by atoms with Gasteiger partial charge in [0.15, 0.2) is 9.84 Å². The van der Waals surface area contributed by atoms with Crippen molar-refractivity contribution in [2.45, 2.75) is 17.7 Å². The van der Waals surface area contributed by atoms with E-state index in [9.17, 15) is 18.0 Å². The van der Waals surface area contributed by atoms with Crippen LogP contribution < -0.4 is 10.6 Å². The molecule has 0 saturated heterocycles. The minimum absolute atomic E-state index is 0.0202. The summed E-state index contributed by atoms with van der Waals surface area (Å²) < 4.78 is 23.4. The topological polar surface area (TPSA) is 105 Å². The van der Waals surface area contributed by atoms with E-state index in [1.54, 1.807) is 30.3 Å². The lowest BCUT2D eigenvalue weighted by Crippen LogP contribution is -2.25. The Morgan fingerprint density at radius 2 is 1.76 bits per heavy atom. The maximum Gasteiger partial charge on any atom is 0.257 e. The molecule has 0 radical (unpaired) electrons. The Bertz CT molecular complexity index is 1370. The summed E-state index contributed by atoms with van der Waals surface area (Å²) in [7, 11) is -3.44. The molecule has 176 valence electrons. The Morgan fingerprint density at radius 3 is 2.38 bits per heavy atom. The van der Waals surface area contributed by atoms with Crippen LogP contribution in [0.2, 0.25) is 10.0 Å². The minimum Gasteiger partial charge on any atom is -0.352 e. The van der Waals surface area contributed by atoms with Crippen molar-refractivity contribution in [1.82, 2.24) is 10.3 Å². The van der Waals surface area contributed by atoms with Crippen LogP contribution in [0.25, 0.3) is 11.3 Å². The summed E-state index contributed by atoms with van der Waals surface area (Å²) in [5.41, 5.74) is 2.14. The van der Waals surface area contributed by atoms with Crippen molar-refractivity contribution in [3.8, 4) is 11.3 Å². The number of aromatic nitrogens is 1. The molecule has 1 aliphatic rings. The molecule has 0 aliphatic heterocycles. The number of sulfone groups is 1. The van der Waals surface area contributed by atoms with Crippen molar-refractivity contribution >= 4 is 50.5 Å². The number of carbonyl (C=O) groups excluding carboxylic acids is 2. The van der Waals surface area contributed by atoms with Gasteiger partial charge in [-0.15, -0.1) is 0 Å². The van der Waals surface area contributed by atoms with Gasteiger partial charge in [-0.2, -0.15) is 0 Å². The van der Waals surface area contributed by atoms with E-state index in [0.717, 1.165) is 19.1 Å². The SMILES string of the molecule is CS(=O)(=O)c1ccc(C(=O)Nc2ccc(Cl)c(-c3ccc(C(=O)NCC4CC4)cn3)c2)c(Cl)c1. The van der Waals surface area contributed by atoms with E-state index in [2.05, 4.69) is 15.6 Å². The number of halogens is 2. The molecule has 0 bridgehead atoms.